The van der Waals surface area contributed by atoms with E-state index in [0.29, 0.717) is 22.9 Å². The van der Waals surface area contributed by atoms with Crippen LogP contribution in [-0.2, 0) is 0 Å². The van der Waals surface area contributed by atoms with Crippen LogP contribution in [0.25, 0.3) is 17.0 Å². The molecule has 4 heteroatoms. The Kier molecular flexibility index (Phi) is 5.57. The lowest BCUT2D eigenvalue weighted by molar-refractivity contribution is 0.104. The van der Waals surface area contributed by atoms with E-state index in [0.717, 1.165) is 22.0 Å². The molecule has 0 aliphatic heterocycles. The van der Waals surface area contributed by atoms with Gasteiger partial charge in [0.05, 0.1) is 12.6 Å². The normalized spacial score (nSPS) is 11.0. The molecule has 0 unspecified atom stereocenters. The van der Waals surface area contributed by atoms with Crippen LogP contribution in [0.4, 0.5) is 0 Å². The Bertz CT molecular complexity index is 1210. The molecule has 0 radical (unpaired) electrons. The maximum absolute atomic E-state index is 12.6. The third-order valence-electron chi connectivity index (χ3n) is 4.71. The van der Waals surface area contributed by atoms with Gasteiger partial charge in [-0.15, -0.1) is 0 Å². The Balaban J connectivity index is 1.70. The Morgan fingerprint density at radius 1 is 0.900 bits per heavy atom. The van der Waals surface area contributed by atoms with E-state index in [2.05, 4.69) is 11.1 Å². The van der Waals surface area contributed by atoms with Crippen LogP contribution in [0.15, 0.2) is 84.9 Å². The fourth-order valence-electron chi connectivity index (χ4n) is 3.11. The summed E-state index contributed by atoms with van der Waals surface area (Å²) in [5, 5.41) is 0.993. The monoisotopic (exact) mass is 395 g/mol. The van der Waals surface area contributed by atoms with Crippen molar-refractivity contribution in [2.24, 2.45) is 0 Å². The minimum atomic E-state index is -0.104. The summed E-state index contributed by atoms with van der Waals surface area (Å²) >= 11 is 0. The number of nitrogens with zero attached hydrogens (tertiary/aromatic N) is 1. The van der Waals surface area contributed by atoms with Gasteiger partial charge in [0.15, 0.2) is 5.78 Å². The molecule has 0 amide bonds. The average molecular weight is 395 g/mol. The molecule has 0 saturated carbocycles. The fraction of sp³-hybridized carbons (Fsp3) is 0.0769. The van der Waals surface area contributed by atoms with Crippen molar-refractivity contribution in [3.63, 3.8) is 0 Å². The molecule has 1 aromatic heterocycles. The molecule has 4 rings (SSSR count). The zero-order valence-corrected chi connectivity index (χ0v) is 16.8. The van der Waals surface area contributed by atoms with E-state index in [1.54, 1.807) is 37.5 Å². The Hall–Kier alpha value is -3.92. The van der Waals surface area contributed by atoms with Gasteiger partial charge in [0.25, 0.3) is 0 Å². The van der Waals surface area contributed by atoms with Gasteiger partial charge in [-0.3, -0.25) is 4.79 Å². The zero-order valence-electron chi connectivity index (χ0n) is 16.8. The van der Waals surface area contributed by atoms with Gasteiger partial charge in [-0.1, -0.05) is 29.8 Å². The van der Waals surface area contributed by atoms with Crippen molar-refractivity contribution in [2.45, 2.75) is 6.92 Å². The Morgan fingerprint density at radius 2 is 1.67 bits per heavy atom. The van der Waals surface area contributed by atoms with Crippen molar-refractivity contribution in [1.29, 1.82) is 0 Å². The molecule has 4 aromatic rings. The highest BCUT2D eigenvalue weighted by molar-refractivity contribution is 6.07. The number of hydrogen-bond donors (Lipinski definition) is 0. The lowest BCUT2D eigenvalue weighted by Crippen LogP contribution is -1.96. The number of allylic oxidation sites excluding steroid dienone is 1. The number of ketones is 1. The molecule has 1 heterocycles. The summed E-state index contributed by atoms with van der Waals surface area (Å²) in [6.07, 6.45) is 3.29. The highest BCUT2D eigenvalue weighted by Crippen LogP contribution is 2.28. The van der Waals surface area contributed by atoms with E-state index in [-0.39, 0.29) is 5.78 Å². The van der Waals surface area contributed by atoms with E-state index in [4.69, 9.17) is 9.47 Å². The third-order valence-corrected chi connectivity index (χ3v) is 4.71. The number of aryl methyl sites for hydroxylation is 1. The topological polar surface area (TPSA) is 48.4 Å². The first kappa shape index (κ1) is 19.4. The van der Waals surface area contributed by atoms with E-state index >= 15 is 0 Å². The second kappa shape index (κ2) is 8.62. The number of fused-ring (bicyclic) bond motifs is 1. The second-order valence-corrected chi connectivity index (χ2v) is 6.92. The standard InChI is InChI=1S/C26H21NO3/c1-18-8-14-24-21(16-18)17-20(26(27-24)30-23-6-4-3-5-7-23)11-15-25(28)19-9-12-22(29-2)13-10-19/h3-17H,1-2H3/b15-11+. The summed E-state index contributed by atoms with van der Waals surface area (Å²) in [6.45, 7) is 2.04. The van der Waals surface area contributed by atoms with Crippen LogP contribution in [0.5, 0.6) is 17.4 Å². The fourth-order valence-corrected chi connectivity index (χ4v) is 3.11. The number of aromatic nitrogens is 1. The molecule has 30 heavy (non-hydrogen) atoms. The summed E-state index contributed by atoms with van der Waals surface area (Å²) in [6, 6.07) is 24.6. The van der Waals surface area contributed by atoms with Gasteiger partial charge < -0.3 is 9.47 Å². The lowest BCUT2D eigenvalue weighted by atomic mass is 10.1. The molecule has 3 aromatic carbocycles. The lowest BCUT2D eigenvalue weighted by Gasteiger charge is -2.10. The molecule has 0 aliphatic rings. The van der Waals surface area contributed by atoms with Crippen molar-refractivity contribution in [3.8, 4) is 17.4 Å². The smallest absolute Gasteiger partial charge is 0.227 e. The predicted octanol–water partition coefficient (Wildman–Crippen LogP) is 6.24. The van der Waals surface area contributed by atoms with Gasteiger partial charge >= 0.3 is 0 Å². The van der Waals surface area contributed by atoms with Gasteiger partial charge in [-0.25, -0.2) is 4.98 Å². The molecule has 0 N–H and O–H groups in total. The maximum Gasteiger partial charge on any atom is 0.227 e. The highest BCUT2D eigenvalue weighted by Gasteiger charge is 2.09. The van der Waals surface area contributed by atoms with Crippen LogP contribution in [0.1, 0.15) is 21.5 Å². The number of rotatable bonds is 6. The van der Waals surface area contributed by atoms with E-state index in [9.17, 15) is 4.79 Å². The molecule has 148 valence electrons. The second-order valence-electron chi connectivity index (χ2n) is 6.92. The predicted molar refractivity (Wildman–Crippen MR) is 119 cm³/mol. The van der Waals surface area contributed by atoms with Crippen LogP contribution < -0.4 is 9.47 Å². The summed E-state index contributed by atoms with van der Waals surface area (Å²) in [5.41, 5.74) is 3.30. The van der Waals surface area contributed by atoms with E-state index in [1.807, 2.05) is 55.5 Å². The Labute approximate surface area is 175 Å². The largest absolute Gasteiger partial charge is 0.497 e. The number of methoxy groups -OCH3 is 1. The molecule has 0 saturated heterocycles. The first-order chi connectivity index (χ1) is 14.6. The van der Waals surface area contributed by atoms with Crippen molar-refractivity contribution in [1.82, 2.24) is 4.98 Å². The number of carbonyl (C=O) groups is 1. The summed E-state index contributed by atoms with van der Waals surface area (Å²) in [7, 11) is 1.60. The number of ether oxygens (including phenoxy) is 2. The molecule has 0 atom stereocenters. The number of hydrogen-bond acceptors (Lipinski definition) is 4. The van der Waals surface area contributed by atoms with Crippen molar-refractivity contribution >= 4 is 22.8 Å². The van der Waals surface area contributed by atoms with Gasteiger partial charge in [0.2, 0.25) is 5.88 Å². The Morgan fingerprint density at radius 3 is 2.40 bits per heavy atom. The quantitative estimate of drug-likeness (QED) is 0.286. The van der Waals surface area contributed by atoms with Crippen molar-refractivity contribution < 1.29 is 14.3 Å². The first-order valence-electron chi connectivity index (χ1n) is 9.63. The summed E-state index contributed by atoms with van der Waals surface area (Å²) < 4.78 is 11.2. The highest BCUT2D eigenvalue weighted by atomic mass is 16.5. The first-order valence-corrected chi connectivity index (χ1v) is 9.63. The van der Waals surface area contributed by atoms with Gasteiger partial charge in [-0.05, 0) is 73.7 Å². The van der Waals surface area contributed by atoms with Crippen LogP contribution in [0.3, 0.4) is 0 Å². The SMILES string of the molecule is COc1ccc(C(=O)/C=C/c2cc3cc(C)ccc3nc2Oc2ccccc2)cc1. The van der Waals surface area contributed by atoms with Gasteiger partial charge in [0, 0.05) is 16.5 Å². The van der Waals surface area contributed by atoms with E-state index in [1.165, 1.54) is 6.08 Å². The zero-order chi connectivity index (χ0) is 20.9. The molecule has 4 nitrogen and oxygen atoms in total. The van der Waals surface area contributed by atoms with Gasteiger partial charge in [0.1, 0.15) is 11.5 Å². The van der Waals surface area contributed by atoms with Crippen molar-refractivity contribution in [2.75, 3.05) is 7.11 Å². The molecule has 0 fully saturated rings. The van der Waals surface area contributed by atoms with Crippen LogP contribution >= 0.6 is 0 Å². The summed E-state index contributed by atoms with van der Waals surface area (Å²) in [4.78, 5) is 17.3. The molecular formula is C26H21NO3. The average Bonchev–Trinajstić information content (AvgIpc) is 2.78. The van der Waals surface area contributed by atoms with Crippen LogP contribution in [-0.4, -0.2) is 17.9 Å². The van der Waals surface area contributed by atoms with Crippen LogP contribution in [0.2, 0.25) is 0 Å². The number of pyridine rings is 1. The minimum Gasteiger partial charge on any atom is -0.497 e. The van der Waals surface area contributed by atoms with E-state index < -0.39 is 0 Å². The number of carbonyl (C=O) groups excluding carboxylic acids is 1. The maximum atomic E-state index is 12.6. The molecular weight excluding hydrogens is 374 g/mol. The van der Waals surface area contributed by atoms with Crippen LogP contribution in [0, 0.1) is 6.92 Å². The molecule has 0 bridgehead atoms. The third kappa shape index (κ3) is 4.39. The molecule has 0 spiro atoms. The summed E-state index contributed by atoms with van der Waals surface area (Å²) in [5.74, 6) is 1.75. The van der Waals surface area contributed by atoms with Gasteiger partial charge in [-0.2, -0.15) is 0 Å². The number of benzene rings is 3. The molecule has 0 aliphatic carbocycles. The minimum absolute atomic E-state index is 0.104. The number of para-hydroxylation sites is 1. The van der Waals surface area contributed by atoms with Crippen molar-refractivity contribution in [3.05, 3.63) is 102 Å².